The van der Waals surface area contributed by atoms with E-state index in [4.69, 9.17) is 4.74 Å². The SMILES string of the molecule is CCC[C@@]1(CC(=O)OCC)C=CC(=O)c2ccc(C)cc21. The average Bonchev–Trinajstić information content (AvgIpc) is 2.44. The lowest BCUT2D eigenvalue weighted by Crippen LogP contribution is -2.32. The van der Waals surface area contributed by atoms with Crippen LogP contribution in [0.15, 0.2) is 30.4 Å². The summed E-state index contributed by atoms with van der Waals surface area (Å²) in [7, 11) is 0. The van der Waals surface area contributed by atoms with Crippen molar-refractivity contribution < 1.29 is 14.3 Å². The first-order valence-electron chi connectivity index (χ1n) is 7.52. The van der Waals surface area contributed by atoms with Gasteiger partial charge in [-0.25, -0.2) is 0 Å². The maximum absolute atomic E-state index is 12.1. The summed E-state index contributed by atoms with van der Waals surface area (Å²) in [6, 6.07) is 5.84. The van der Waals surface area contributed by atoms with Gasteiger partial charge in [0.05, 0.1) is 13.0 Å². The molecule has 0 unspecified atom stereocenters. The molecule has 0 amide bonds. The van der Waals surface area contributed by atoms with Gasteiger partial charge in [-0.3, -0.25) is 9.59 Å². The molecule has 0 saturated carbocycles. The number of allylic oxidation sites excluding steroid dienone is 2. The Balaban J connectivity index is 2.50. The summed E-state index contributed by atoms with van der Waals surface area (Å²) < 4.78 is 5.13. The first kappa shape index (κ1) is 15.5. The molecule has 0 aromatic heterocycles. The highest BCUT2D eigenvalue weighted by Gasteiger charge is 2.37. The van der Waals surface area contributed by atoms with Gasteiger partial charge in [0.2, 0.25) is 0 Å². The number of carbonyl (C=O) groups is 2. The quantitative estimate of drug-likeness (QED) is 0.774. The lowest BCUT2D eigenvalue weighted by atomic mass is 9.68. The fourth-order valence-electron chi connectivity index (χ4n) is 3.08. The zero-order valence-corrected chi connectivity index (χ0v) is 12.9. The smallest absolute Gasteiger partial charge is 0.306 e. The van der Waals surface area contributed by atoms with Crippen molar-refractivity contribution >= 4 is 11.8 Å². The maximum atomic E-state index is 12.1. The molecule has 1 atom stereocenters. The standard InChI is InChI=1S/C18H22O3/c1-4-9-18(12-17(20)21-5-2)10-8-16(19)14-7-6-13(3)11-15(14)18/h6-8,10-11H,4-5,9,12H2,1-3H3/t18-/m0/s1. The van der Waals surface area contributed by atoms with Crippen LogP contribution < -0.4 is 0 Å². The van der Waals surface area contributed by atoms with Crippen molar-refractivity contribution in [2.24, 2.45) is 0 Å². The van der Waals surface area contributed by atoms with E-state index >= 15 is 0 Å². The van der Waals surface area contributed by atoms with E-state index < -0.39 is 5.41 Å². The van der Waals surface area contributed by atoms with Crippen molar-refractivity contribution in [2.45, 2.75) is 45.4 Å². The predicted octanol–water partition coefficient (Wildman–Crippen LogP) is 3.74. The van der Waals surface area contributed by atoms with E-state index in [1.165, 1.54) is 0 Å². The Bertz CT molecular complexity index is 586. The van der Waals surface area contributed by atoms with Gasteiger partial charge in [0.25, 0.3) is 0 Å². The molecule has 0 fully saturated rings. The van der Waals surface area contributed by atoms with E-state index in [-0.39, 0.29) is 18.2 Å². The summed E-state index contributed by atoms with van der Waals surface area (Å²) in [5, 5.41) is 0. The number of hydrogen-bond donors (Lipinski definition) is 0. The molecule has 0 N–H and O–H groups in total. The number of ether oxygens (including phenoxy) is 1. The second kappa shape index (κ2) is 6.25. The van der Waals surface area contributed by atoms with E-state index in [0.29, 0.717) is 12.2 Å². The second-order valence-electron chi connectivity index (χ2n) is 5.63. The van der Waals surface area contributed by atoms with Crippen molar-refractivity contribution in [2.75, 3.05) is 6.61 Å². The number of aryl methyl sites for hydroxylation is 1. The van der Waals surface area contributed by atoms with Gasteiger partial charge in [0.1, 0.15) is 0 Å². The molecule has 0 bridgehead atoms. The van der Waals surface area contributed by atoms with Crippen LogP contribution >= 0.6 is 0 Å². The van der Waals surface area contributed by atoms with Gasteiger partial charge >= 0.3 is 5.97 Å². The van der Waals surface area contributed by atoms with Crippen molar-refractivity contribution in [1.82, 2.24) is 0 Å². The van der Waals surface area contributed by atoms with Crippen LogP contribution in [-0.2, 0) is 14.9 Å². The van der Waals surface area contributed by atoms with Crippen LogP contribution in [0.5, 0.6) is 0 Å². The zero-order valence-electron chi connectivity index (χ0n) is 12.9. The lowest BCUT2D eigenvalue weighted by molar-refractivity contribution is -0.144. The van der Waals surface area contributed by atoms with Gasteiger partial charge in [0, 0.05) is 11.0 Å². The molecule has 0 radical (unpaired) electrons. The highest BCUT2D eigenvalue weighted by atomic mass is 16.5. The fourth-order valence-corrected chi connectivity index (χ4v) is 3.08. The average molecular weight is 286 g/mol. The van der Waals surface area contributed by atoms with Crippen molar-refractivity contribution in [3.05, 3.63) is 47.0 Å². The molecule has 0 saturated heterocycles. The summed E-state index contributed by atoms with van der Waals surface area (Å²) in [4.78, 5) is 24.1. The third-order valence-electron chi connectivity index (χ3n) is 3.99. The Labute approximate surface area is 126 Å². The summed E-state index contributed by atoms with van der Waals surface area (Å²) >= 11 is 0. The maximum Gasteiger partial charge on any atom is 0.306 e. The summed E-state index contributed by atoms with van der Waals surface area (Å²) in [5.74, 6) is -0.196. The van der Waals surface area contributed by atoms with Gasteiger partial charge in [-0.1, -0.05) is 43.2 Å². The van der Waals surface area contributed by atoms with Crippen LogP contribution in [0, 0.1) is 6.92 Å². The largest absolute Gasteiger partial charge is 0.466 e. The Morgan fingerprint density at radius 3 is 2.71 bits per heavy atom. The lowest BCUT2D eigenvalue weighted by Gasteiger charge is -2.34. The fraction of sp³-hybridized carbons (Fsp3) is 0.444. The molecule has 2 rings (SSSR count). The molecule has 1 aliphatic rings. The molecule has 112 valence electrons. The van der Waals surface area contributed by atoms with Crippen molar-refractivity contribution in [1.29, 1.82) is 0 Å². The number of hydrogen-bond acceptors (Lipinski definition) is 3. The van der Waals surface area contributed by atoms with E-state index in [1.54, 1.807) is 6.08 Å². The molecule has 1 aromatic carbocycles. The Hall–Kier alpha value is -1.90. The van der Waals surface area contributed by atoms with E-state index in [9.17, 15) is 9.59 Å². The van der Waals surface area contributed by atoms with Crippen LogP contribution in [0.2, 0.25) is 0 Å². The molecule has 0 heterocycles. The van der Waals surface area contributed by atoms with E-state index in [1.807, 2.05) is 38.1 Å². The molecule has 3 nitrogen and oxygen atoms in total. The summed E-state index contributed by atoms with van der Waals surface area (Å²) in [6.45, 7) is 6.28. The normalized spacial score (nSPS) is 20.2. The molecule has 21 heavy (non-hydrogen) atoms. The summed E-state index contributed by atoms with van der Waals surface area (Å²) in [6.07, 6.45) is 5.55. The molecule has 0 spiro atoms. The molecule has 1 aliphatic carbocycles. The molecular formula is C18H22O3. The monoisotopic (exact) mass is 286 g/mol. The molecule has 1 aromatic rings. The van der Waals surface area contributed by atoms with Crippen molar-refractivity contribution in [3.8, 4) is 0 Å². The number of benzene rings is 1. The van der Waals surface area contributed by atoms with Crippen LogP contribution in [0.4, 0.5) is 0 Å². The van der Waals surface area contributed by atoms with Gasteiger partial charge in [-0.2, -0.15) is 0 Å². The van der Waals surface area contributed by atoms with E-state index in [2.05, 4.69) is 6.92 Å². The van der Waals surface area contributed by atoms with Crippen LogP contribution in [0.25, 0.3) is 0 Å². The number of ketones is 1. The number of carbonyl (C=O) groups excluding carboxylic acids is 2. The minimum atomic E-state index is -0.420. The predicted molar refractivity (Wildman–Crippen MR) is 82.5 cm³/mol. The minimum Gasteiger partial charge on any atom is -0.466 e. The van der Waals surface area contributed by atoms with Crippen LogP contribution in [-0.4, -0.2) is 18.4 Å². The zero-order chi connectivity index (χ0) is 15.5. The number of esters is 1. The van der Waals surface area contributed by atoms with E-state index in [0.717, 1.165) is 24.0 Å². The highest BCUT2D eigenvalue weighted by Crippen LogP contribution is 2.40. The molecular weight excluding hydrogens is 264 g/mol. The van der Waals surface area contributed by atoms with Crippen LogP contribution in [0.1, 0.15) is 54.6 Å². The highest BCUT2D eigenvalue weighted by molar-refractivity contribution is 6.07. The van der Waals surface area contributed by atoms with Gasteiger partial charge in [-0.05, 0) is 31.9 Å². The van der Waals surface area contributed by atoms with Crippen LogP contribution in [0.3, 0.4) is 0 Å². The summed E-state index contributed by atoms with van der Waals surface area (Å²) in [5.41, 5.74) is 2.35. The first-order chi connectivity index (χ1) is 10.0. The third-order valence-corrected chi connectivity index (χ3v) is 3.99. The number of rotatable bonds is 5. The first-order valence-corrected chi connectivity index (χ1v) is 7.52. The van der Waals surface area contributed by atoms with Crippen molar-refractivity contribution in [3.63, 3.8) is 0 Å². The topological polar surface area (TPSA) is 43.4 Å². The minimum absolute atomic E-state index is 0.0144. The Kier molecular flexibility index (Phi) is 4.61. The third kappa shape index (κ3) is 3.07. The molecule has 3 heteroatoms. The Morgan fingerprint density at radius 2 is 2.05 bits per heavy atom. The number of fused-ring (bicyclic) bond motifs is 1. The molecule has 0 aliphatic heterocycles. The van der Waals surface area contributed by atoms with Gasteiger partial charge in [0.15, 0.2) is 5.78 Å². The second-order valence-corrected chi connectivity index (χ2v) is 5.63. The van der Waals surface area contributed by atoms with Gasteiger partial charge < -0.3 is 4.74 Å². The Morgan fingerprint density at radius 1 is 1.29 bits per heavy atom. The van der Waals surface area contributed by atoms with Gasteiger partial charge in [-0.15, -0.1) is 0 Å².